The minimum Gasteiger partial charge on any atom is -0.512 e. The van der Waals surface area contributed by atoms with Gasteiger partial charge in [0.05, 0.1) is 29.6 Å². The van der Waals surface area contributed by atoms with Crippen LogP contribution in [0.1, 0.15) is 208 Å². The van der Waals surface area contributed by atoms with Crippen LogP contribution in [0.25, 0.3) is 33.6 Å². The molecule has 10 nitrogen and oxygen atoms in total. The lowest BCUT2D eigenvalue weighted by Crippen LogP contribution is -2.18. The second kappa shape index (κ2) is 21.6. The largest absolute Gasteiger partial charge is 0.512 e. The number of methoxy groups -OCH3 is 1. The van der Waals surface area contributed by atoms with Crippen molar-refractivity contribution in [2.75, 3.05) is 13.7 Å². The van der Waals surface area contributed by atoms with Crippen LogP contribution in [0, 0.1) is 31.6 Å². The van der Waals surface area contributed by atoms with E-state index in [-0.39, 0.29) is 54.2 Å². The summed E-state index contributed by atoms with van der Waals surface area (Å²) in [5, 5.41) is 24.2. The van der Waals surface area contributed by atoms with Crippen molar-refractivity contribution >= 4 is 45.5 Å². The zero-order valence-corrected chi connectivity index (χ0v) is 41.5. The van der Waals surface area contributed by atoms with E-state index in [1.807, 2.05) is 26.0 Å². The van der Waals surface area contributed by atoms with Crippen molar-refractivity contribution in [1.29, 1.82) is 0 Å². The fraction of sp³-hybridized carbons (Fsp3) is 0.600. The normalized spacial score (nSPS) is 20.9. The zero-order chi connectivity index (χ0) is 47.3. The number of ether oxygens (including phenoxy) is 2. The number of rotatable bonds is 19. The fourth-order valence-corrected chi connectivity index (χ4v) is 10.8. The molecule has 5 heterocycles. The molecule has 8 bridgehead atoms. The van der Waals surface area contributed by atoms with Gasteiger partial charge in [-0.05, 0) is 107 Å². The molecular weight excluding hydrogens is 813 g/mol. The SMILES string of the molecule is CCC1c2cc3[nH]c4c(c5nc(cc6[nH]c(cc(n2)C1C)/c(=C(/C)O)c6C)C(C)C5CCC(=O)OC/C=C(\C)CCCC(C)CCCC(C)CCCC(C)C)C(C(=O)OC)C(O)=c4c3C. The molecule has 10 heteroatoms. The minimum absolute atomic E-state index is 0.0748. The van der Waals surface area contributed by atoms with Crippen LogP contribution in [0.3, 0.4) is 0 Å². The third kappa shape index (κ3) is 11.1. The number of H-pyrrole nitrogens is 2. The van der Waals surface area contributed by atoms with E-state index in [0.29, 0.717) is 34.3 Å². The Balaban J connectivity index is 1.25. The number of hydrogen-bond acceptors (Lipinski definition) is 8. The lowest BCUT2D eigenvalue weighted by Gasteiger charge is -2.19. The highest BCUT2D eigenvalue weighted by Crippen LogP contribution is 2.46. The highest BCUT2D eigenvalue weighted by atomic mass is 16.5. The molecule has 354 valence electrons. The van der Waals surface area contributed by atoms with Crippen LogP contribution in [-0.4, -0.2) is 55.8 Å². The number of esters is 2. The van der Waals surface area contributed by atoms with Gasteiger partial charge in [-0.2, -0.15) is 0 Å². The molecule has 0 saturated heterocycles. The number of carbonyl (C=O) groups excluding carboxylic acids is 2. The molecule has 3 aliphatic rings. The van der Waals surface area contributed by atoms with Crippen molar-refractivity contribution in [2.24, 2.45) is 17.8 Å². The Kier molecular flexibility index (Phi) is 16.5. The summed E-state index contributed by atoms with van der Waals surface area (Å²) >= 11 is 0. The van der Waals surface area contributed by atoms with Gasteiger partial charge in [0.15, 0.2) is 0 Å². The van der Waals surface area contributed by atoms with Crippen LogP contribution in [0.4, 0.5) is 0 Å². The molecule has 65 heavy (non-hydrogen) atoms. The molecule has 6 rings (SSSR count). The van der Waals surface area contributed by atoms with E-state index in [0.717, 1.165) is 81.1 Å². The summed E-state index contributed by atoms with van der Waals surface area (Å²) < 4.78 is 11.1. The second-order valence-corrected chi connectivity index (χ2v) is 20.4. The standard InChI is InChI=1S/C55H78N4O6/c1-13-39-34(7)41-29-46-48(38(11)60)36(9)43(57-46)27-42-35(8)40(52(58-42)50-51(55(63)64-12)54(62)49-37(10)44(59-53(49)50)28-45(39)56-41)23-24-47(61)65-26-25-33(6)22-16-21-32(5)20-15-19-31(4)18-14-17-30(2)3/h25,27-32,34-35,39-40,51,57,59-60,62H,13-24,26H2,1-12H3/b33-25+,42-27?,45-28?,46-29?,48-38-. The molecule has 7 unspecified atom stereocenters. The van der Waals surface area contributed by atoms with Gasteiger partial charge < -0.3 is 29.7 Å². The van der Waals surface area contributed by atoms with Crippen LogP contribution >= 0.6 is 0 Å². The number of allylic oxidation sites excluding steroid dienone is 1. The van der Waals surface area contributed by atoms with E-state index in [9.17, 15) is 19.8 Å². The maximum absolute atomic E-state index is 13.7. The average molecular weight is 891 g/mol. The molecular formula is C55H78N4O6. The highest BCUT2D eigenvalue weighted by molar-refractivity contribution is 5.96. The molecule has 1 aliphatic carbocycles. The van der Waals surface area contributed by atoms with Gasteiger partial charge >= 0.3 is 11.9 Å². The van der Waals surface area contributed by atoms with Crippen LogP contribution in [0.15, 0.2) is 29.8 Å². The summed E-state index contributed by atoms with van der Waals surface area (Å²) in [5.41, 5.74) is 9.71. The molecule has 0 radical (unpaired) electrons. The van der Waals surface area contributed by atoms with Crippen LogP contribution < -0.4 is 10.4 Å². The average Bonchev–Trinajstić information content (AvgIpc) is 4.00. The van der Waals surface area contributed by atoms with Crippen LogP contribution in [-0.2, 0) is 19.1 Å². The number of aliphatic hydroxyl groups is 2. The molecule has 0 amide bonds. The number of carbonyl (C=O) groups is 2. The minimum atomic E-state index is -1.09. The van der Waals surface area contributed by atoms with Gasteiger partial charge in [-0.3, -0.25) is 19.6 Å². The predicted octanol–water partition coefficient (Wildman–Crippen LogP) is 12.4. The molecule has 4 N–H and O–H groups in total. The number of fused-ring (bicyclic) bond motifs is 8. The third-order valence-electron chi connectivity index (χ3n) is 14.9. The Morgan fingerprint density at radius 3 is 2.05 bits per heavy atom. The molecule has 0 saturated carbocycles. The van der Waals surface area contributed by atoms with Gasteiger partial charge in [-0.25, -0.2) is 0 Å². The van der Waals surface area contributed by atoms with E-state index >= 15 is 0 Å². The first kappa shape index (κ1) is 49.6. The first-order valence-corrected chi connectivity index (χ1v) is 24.7. The Hall–Kier alpha value is -4.86. The summed E-state index contributed by atoms with van der Waals surface area (Å²) in [5.74, 6) is 0.302. The molecule has 0 spiro atoms. The molecule has 0 fully saturated rings. The summed E-state index contributed by atoms with van der Waals surface area (Å²) in [6.45, 7) is 23.8. The number of hydrogen-bond donors (Lipinski definition) is 4. The Morgan fingerprint density at radius 1 is 0.800 bits per heavy atom. The number of nitrogens with zero attached hydrogens (tertiary/aromatic N) is 2. The van der Waals surface area contributed by atoms with Crippen LogP contribution in [0.5, 0.6) is 0 Å². The van der Waals surface area contributed by atoms with E-state index in [2.05, 4.69) is 77.5 Å². The van der Waals surface area contributed by atoms with Crippen LogP contribution in [0.2, 0.25) is 0 Å². The molecule has 3 aromatic heterocycles. The number of aliphatic hydroxyl groups excluding tert-OH is 2. The number of aromatic amines is 2. The summed E-state index contributed by atoms with van der Waals surface area (Å²) in [6.07, 6.45) is 14.8. The number of aryl methyl sites for hydroxylation is 2. The van der Waals surface area contributed by atoms with Crippen molar-refractivity contribution in [3.05, 3.63) is 79.8 Å². The van der Waals surface area contributed by atoms with Gasteiger partial charge in [0, 0.05) is 74.2 Å². The number of nitrogens with one attached hydrogen (secondary N) is 2. The number of aromatic nitrogens is 4. The highest BCUT2D eigenvalue weighted by Gasteiger charge is 2.42. The van der Waals surface area contributed by atoms with Crippen molar-refractivity contribution in [1.82, 2.24) is 19.9 Å². The fourth-order valence-electron chi connectivity index (χ4n) is 10.8. The van der Waals surface area contributed by atoms with E-state index in [1.165, 1.54) is 57.6 Å². The maximum Gasteiger partial charge on any atom is 0.321 e. The van der Waals surface area contributed by atoms with Crippen molar-refractivity contribution < 1.29 is 29.3 Å². The molecule has 2 aliphatic heterocycles. The molecule has 3 aromatic rings. The lowest BCUT2D eigenvalue weighted by molar-refractivity contribution is -0.143. The van der Waals surface area contributed by atoms with Gasteiger partial charge in [-0.15, -0.1) is 0 Å². The summed E-state index contributed by atoms with van der Waals surface area (Å²) in [4.78, 5) is 44.8. The lowest BCUT2D eigenvalue weighted by atomic mass is 9.84. The quantitative estimate of drug-likeness (QED) is 0.0686. The van der Waals surface area contributed by atoms with Gasteiger partial charge in [0.1, 0.15) is 18.3 Å². The monoisotopic (exact) mass is 891 g/mol. The second-order valence-electron chi connectivity index (χ2n) is 20.4. The maximum atomic E-state index is 13.7. The first-order valence-electron chi connectivity index (χ1n) is 24.7. The zero-order valence-electron chi connectivity index (χ0n) is 41.5. The third-order valence-corrected chi connectivity index (χ3v) is 14.9. The van der Waals surface area contributed by atoms with E-state index in [4.69, 9.17) is 19.4 Å². The Labute approximate surface area is 387 Å². The van der Waals surface area contributed by atoms with Crippen molar-refractivity contribution in [3.63, 3.8) is 0 Å². The molecule has 7 atom stereocenters. The van der Waals surface area contributed by atoms with Gasteiger partial charge in [0.2, 0.25) is 0 Å². The Morgan fingerprint density at radius 2 is 1.40 bits per heavy atom. The topological polar surface area (TPSA) is 150 Å². The van der Waals surface area contributed by atoms with Gasteiger partial charge in [0.25, 0.3) is 0 Å². The summed E-state index contributed by atoms with van der Waals surface area (Å²) in [6, 6.07) is 6.12. The van der Waals surface area contributed by atoms with Crippen molar-refractivity contribution in [2.45, 2.75) is 183 Å². The molecule has 0 aromatic carbocycles. The first-order chi connectivity index (χ1) is 30.9. The van der Waals surface area contributed by atoms with E-state index < -0.39 is 11.9 Å². The summed E-state index contributed by atoms with van der Waals surface area (Å²) in [7, 11) is 1.33. The predicted molar refractivity (Wildman–Crippen MR) is 264 cm³/mol. The van der Waals surface area contributed by atoms with Gasteiger partial charge in [-0.1, -0.05) is 99.0 Å². The van der Waals surface area contributed by atoms with E-state index in [1.54, 1.807) is 6.92 Å². The van der Waals surface area contributed by atoms with Crippen molar-refractivity contribution in [3.8, 4) is 0 Å². The smallest absolute Gasteiger partial charge is 0.321 e. The Bertz CT molecular complexity index is 2540.